The van der Waals surface area contributed by atoms with Crippen molar-refractivity contribution in [3.63, 3.8) is 0 Å². The van der Waals surface area contributed by atoms with E-state index < -0.39 is 5.60 Å². The largest absolute Gasteiger partial charge is 0.463 e. The van der Waals surface area contributed by atoms with Crippen LogP contribution in [0.3, 0.4) is 0 Å². The van der Waals surface area contributed by atoms with Crippen LogP contribution in [0.25, 0.3) is 0 Å². The van der Waals surface area contributed by atoms with Crippen LogP contribution in [0.5, 0.6) is 0 Å². The van der Waals surface area contributed by atoms with E-state index in [1.54, 1.807) is 0 Å². The van der Waals surface area contributed by atoms with Crippen molar-refractivity contribution < 1.29 is 38.1 Å². The number of carbonyl (C=O) groups is 4. The fourth-order valence-electron chi connectivity index (χ4n) is 2.02. The molecule has 1 atom stereocenters. The normalized spacial score (nSPS) is 10.1. The zero-order chi connectivity index (χ0) is 31.1. The van der Waals surface area contributed by atoms with E-state index in [1.807, 2.05) is 34.6 Å². The molecule has 0 aliphatic heterocycles. The molecule has 226 valence electrons. The van der Waals surface area contributed by atoms with Crippen molar-refractivity contribution in [2.24, 2.45) is 0 Å². The van der Waals surface area contributed by atoms with Crippen LogP contribution in [0.15, 0.2) is 50.6 Å². The first-order valence-electron chi connectivity index (χ1n) is 13.5. The van der Waals surface area contributed by atoms with Crippen LogP contribution in [-0.4, -0.2) is 48.8 Å². The lowest BCUT2D eigenvalue weighted by atomic mass is 10.2. The van der Waals surface area contributed by atoms with E-state index in [2.05, 4.69) is 40.2 Å². The molecule has 0 fully saturated rings. The highest BCUT2D eigenvalue weighted by Crippen LogP contribution is 2.06. The lowest BCUT2D eigenvalue weighted by Crippen LogP contribution is -2.22. The van der Waals surface area contributed by atoms with Crippen molar-refractivity contribution in [1.29, 1.82) is 0 Å². The van der Waals surface area contributed by atoms with Crippen LogP contribution in [-0.2, 0) is 38.1 Å². The van der Waals surface area contributed by atoms with Gasteiger partial charge in [0.1, 0.15) is 5.60 Å². The van der Waals surface area contributed by atoms with Gasteiger partial charge in [0.05, 0.1) is 19.3 Å². The molecule has 0 amide bonds. The predicted octanol–water partition coefficient (Wildman–Crippen LogP) is 7.23. The highest BCUT2D eigenvalue weighted by Gasteiger charge is 2.12. The van der Waals surface area contributed by atoms with E-state index in [9.17, 15) is 19.2 Å². The molecule has 0 heterocycles. The molecule has 0 radical (unpaired) electrons. The topological polar surface area (TPSA) is 105 Å². The molecular weight excluding hydrogens is 500 g/mol. The summed E-state index contributed by atoms with van der Waals surface area (Å²) in [5, 5.41) is 0. The van der Waals surface area contributed by atoms with E-state index in [4.69, 9.17) is 18.9 Å². The van der Waals surface area contributed by atoms with Crippen molar-refractivity contribution in [1.82, 2.24) is 0 Å². The molecule has 8 nitrogen and oxygen atoms in total. The molecular formula is C31H54O8. The van der Waals surface area contributed by atoms with E-state index >= 15 is 0 Å². The Labute approximate surface area is 237 Å². The number of ether oxygens (including phenoxy) is 4. The summed E-state index contributed by atoms with van der Waals surface area (Å²) in [5.74, 6) is -1.36. The second-order valence-electron chi connectivity index (χ2n) is 9.11. The van der Waals surface area contributed by atoms with Gasteiger partial charge in [0.25, 0.3) is 0 Å². The van der Waals surface area contributed by atoms with Gasteiger partial charge in [-0.15, -0.1) is 0 Å². The van der Waals surface area contributed by atoms with Crippen LogP contribution in [0.4, 0.5) is 0 Å². The Balaban J connectivity index is -0.000000210. The third-order valence-corrected chi connectivity index (χ3v) is 4.20. The second kappa shape index (κ2) is 31.1. The highest BCUT2D eigenvalue weighted by atomic mass is 16.6. The van der Waals surface area contributed by atoms with Gasteiger partial charge < -0.3 is 18.9 Å². The number of carbonyl (C=O) groups excluding carboxylic acids is 4. The summed E-state index contributed by atoms with van der Waals surface area (Å²) < 4.78 is 19.1. The standard InChI is InChI=1S/C9H16O2.C8H14O2.2C7H12O2/c1-3-5-6-7-8-11-9(10)4-2;1-3-5-6-7-10-8(9)4-2;1-5-6(8)9-7(2,3)4;1-4-6(3)9-7(8)5-2/h4H,2-3,5-8H2,1H3;4H,2-3,5-7H2,1H3;5H,1H2,2-4H3;5-6H,2,4H2,1,3H3. The van der Waals surface area contributed by atoms with E-state index in [1.165, 1.54) is 31.1 Å². The van der Waals surface area contributed by atoms with Crippen molar-refractivity contribution in [3.05, 3.63) is 50.6 Å². The average molecular weight is 555 g/mol. The predicted molar refractivity (Wildman–Crippen MR) is 158 cm³/mol. The van der Waals surface area contributed by atoms with Gasteiger partial charge in [0.15, 0.2) is 0 Å². The molecule has 0 rings (SSSR count). The molecule has 0 bridgehead atoms. The monoisotopic (exact) mass is 554 g/mol. The quantitative estimate of drug-likeness (QED) is 0.0903. The molecule has 0 aliphatic carbocycles. The van der Waals surface area contributed by atoms with Crippen LogP contribution >= 0.6 is 0 Å². The fourth-order valence-corrected chi connectivity index (χ4v) is 2.02. The van der Waals surface area contributed by atoms with E-state index in [0.717, 1.165) is 44.6 Å². The zero-order valence-electron chi connectivity index (χ0n) is 25.6. The maximum Gasteiger partial charge on any atom is 0.330 e. The first-order valence-corrected chi connectivity index (χ1v) is 13.5. The summed E-state index contributed by atoms with van der Waals surface area (Å²) >= 11 is 0. The van der Waals surface area contributed by atoms with Crippen LogP contribution < -0.4 is 0 Å². The molecule has 0 aromatic carbocycles. The van der Waals surface area contributed by atoms with Gasteiger partial charge in [0, 0.05) is 24.3 Å². The van der Waals surface area contributed by atoms with Gasteiger partial charge in [0.2, 0.25) is 0 Å². The minimum absolute atomic E-state index is 0.00972. The van der Waals surface area contributed by atoms with Crippen LogP contribution in [0, 0.1) is 0 Å². The third-order valence-electron chi connectivity index (χ3n) is 4.20. The molecule has 0 saturated heterocycles. The maximum atomic E-state index is 10.5. The van der Waals surface area contributed by atoms with Crippen LogP contribution in [0.1, 0.15) is 99.8 Å². The van der Waals surface area contributed by atoms with Crippen molar-refractivity contribution >= 4 is 23.9 Å². The average Bonchev–Trinajstić information content (AvgIpc) is 2.90. The van der Waals surface area contributed by atoms with Crippen molar-refractivity contribution in [2.75, 3.05) is 13.2 Å². The summed E-state index contributed by atoms with van der Waals surface area (Å²) in [6.07, 6.45) is 13.3. The molecule has 8 heteroatoms. The van der Waals surface area contributed by atoms with Crippen molar-refractivity contribution in [3.8, 4) is 0 Å². The minimum Gasteiger partial charge on any atom is -0.463 e. The Morgan fingerprint density at radius 2 is 1.03 bits per heavy atom. The molecule has 0 spiro atoms. The number of hydrogen-bond donors (Lipinski definition) is 0. The number of esters is 4. The second-order valence-corrected chi connectivity index (χ2v) is 9.11. The van der Waals surface area contributed by atoms with Gasteiger partial charge in [-0.1, -0.05) is 79.2 Å². The molecule has 0 N–H and O–H groups in total. The SMILES string of the molecule is C=CC(=O)OC(C)(C)C.C=CC(=O)OC(C)CC.C=CC(=O)OCCCCC.C=CC(=O)OCCCCCC. The Bertz CT molecular complexity index is 689. The summed E-state index contributed by atoms with van der Waals surface area (Å²) in [4.78, 5) is 41.9. The number of rotatable bonds is 15. The molecule has 0 aromatic rings. The Morgan fingerprint density at radius 1 is 0.641 bits per heavy atom. The summed E-state index contributed by atoms with van der Waals surface area (Å²) in [7, 11) is 0. The molecule has 1 unspecified atom stereocenters. The van der Waals surface area contributed by atoms with Crippen molar-refractivity contribution in [2.45, 2.75) is 112 Å². The lowest BCUT2D eigenvalue weighted by molar-refractivity contribution is -0.148. The Kier molecular flexibility index (Phi) is 34.2. The lowest BCUT2D eigenvalue weighted by Gasteiger charge is -2.17. The Hall–Kier alpha value is -3.16. The first-order chi connectivity index (χ1) is 18.3. The highest BCUT2D eigenvalue weighted by molar-refractivity contribution is 5.82. The molecule has 0 saturated carbocycles. The third kappa shape index (κ3) is 45.2. The van der Waals surface area contributed by atoms with E-state index in [0.29, 0.717) is 13.2 Å². The van der Waals surface area contributed by atoms with Gasteiger partial charge in [-0.3, -0.25) is 0 Å². The minimum atomic E-state index is -0.398. The Morgan fingerprint density at radius 3 is 1.33 bits per heavy atom. The van der Waals surface area contributed by atoms with Crippen LogP contribution in [0.2, 0.25) is 0 Å². The van der Waals surface area contributed by atoms with Gasteiger partial charge >= 0.3 is 23.9 Å². The van der Waals surface area contributed by atoms with Gasteiger partial charge in [-0.25, -0.2) is 19.2 Å². The summed E-state index contributed by atoms with van der Waals surface area (Å²) in [6.45, 7) is 27.7. The maximum absolute atomic E-state index is 10.5. The number of unbranched alkanes of at least 4 members (excludes halogenated alkanes) is 5. The zero-order valence-corrected chi connectivity index (χ0v) is 25.6. The fraction of sp³-hybridized carbons (Fsp3) is 0.613. The number of hydrogen-bond acceptors (Lipinski definition) is 8. The van der Waals surface area contributed by atoms with Gasteiger partial charge in [-0.05, 0) is 47.0 Å². The molecule has 39 heavy (non-hydrogen) atoms. The molecule has 0 aromatic heterocycles. The summed E-state index contributed by atoms with van der Waals surface area (Å²) in [6, 6.07) is 0. The van der Waals surface area contributed by atoms with E-state index in [-0.39, 0.29) is 30.0 Å². The smallest absolute Gasteiger partial charge is 0.330 e. The summed E-state index contributed by atoms with van der Waals surface area (Å²) in [5.41, 5.74) is -0.398. The van der Waals surface area contributed by atoms with Gasteiger partial charge in [-0.2, -0.15) is 0 Å². The molecule has 0 aliphatic rings. The first kappa shape index (κ1) is 42.9.